The molecule has 2 aromatic carbocycles. The van der Waals surface area contributed by atoms with Crippen LogP contribution in [-0.4, -0.2) is 37.5 Å². The minimum Gasteiger partial charge on any atom is -0.479 e. The van der Waals surface area contributed by atoms with E-state index in [-0.39, 0.29) is 27.1 Å². The van der Waals surface area contributed by atoms with Crippen LogP contribution < -0.4 is 15.0 Å². The molecule has 0 aromatic heterocycles. The SMILES string of the molecule is COC(=O)COc1c(Cl)cc(/C=C2\C(=O)NC(=O)N(c3ccc(Cl)cc3)C2=O)cc1Cl. The van der Waals surface area contributed by atoms with E-state index in [1.807, 2.05) is 0 Å². The van der Waals surface area contributed by atoms with Gasteiger partial charge in [0.1, 0.15) is 5.57 Å². The third-order valence-electron chi connectivity index (χ3n) is 4.08. The molecule has 1 fully saturated rings. The average molecular weight is 484 g/mol. The van der Waals surface area contributed by atoms with Crippen LogP contribution in [0.3, 0.4) is 0 Å². The van der Waals surface area contributed by atoms with E-state index in [9.17, 15) is 19.2 Å². The first kappa shape index (κ1) is 22.6. The first-order chi connectivity index (χ1) is 14.7. The van der Waals surface area contributed by atoms with Crippen molar-refractivity contribution in [3.63, 3.8) is 0 Å². The molecule has 0 atom stereocenters. The van der Waals surface area contributed by atoms with Gasteiger partial charge in [0.2, 0.25) is 0 Å². The zero-order chi connectivity index (χ0) is 22.7. The Bertz CT molecular complexity index is 1090. The zero-order valence-corrected chi connectivity index (χ0v) is 18.0. The zero-order valence-electron chi connectivity index (χ0n) is 15.8. The largest absolute Gasteiger partial charge is 0.479 e. The number of barbiturate groups is 1. The van der Waals surface area contributed by atoms with Gasteiger partial charge < -0.3 is 9.47 Å². The van der Waals surface area contributed by atoms with E-state index < -0.39 is 30.4 Å². The van der Waals surface area contributed by atoms with E-state index in [2.05, 4.69) is 10.1 Å². The molecule has 1 N–H and O–H groups in total. The maximum atomic E-state index is 12.9. The Morgan fingerprint density at radius 2 is 1.68 bits per heavy atom. The average Bonchev–Trinajstić information content (AvgIpc) is 2.71. The van der Waals surface area contributed by atoms with Crippen LogP contribution in [0.5, 0.6) is 5.75 Å². The number of methoxy groups -OCH3 is 1. The molecule has 160 valence electrons. The molecule has 1 aliphatic heterocycles. The summed E-state index contributed by atoms with van der Waals surface area (Å²) in [6.07, 6.45) is 1.23. The number of esters is 1. The number of amides is 4. The number of urea groups is 1. The number of hydrogen-bond donors (Lipinski definition) is 1. The number of benzene rings is 2. The van der Waals surface area contributed by atoms with Crippen molar-refractivity contribution in [1.82, 2.24) is 5.32 Å². The number of nitrogens with zero attached hydrogens (tertiary/aromatic N) is 1. The van der Waals surface area contributed by atoms with Crippen LogP contribution in [0, 0.1) is 0 Å². The third-order valence-corrected chi connectivity index (χ3v) is 4.89. The number of halogens is 3. The second-order valence-corrected chi connectivity index (χ2v) is 7.36. The van der Waals surface area contributed by atoms with Gasteiger partial charge in [0, 0.05) is 5.02 Å². The van der Waals surface area contributed by atoms with Crippen LogP contribution in [0.15, 0.2) is 42.0 Å². The van der Waals surface area contributed by atoms with Crippen LogP contribution in [0.4, 0.5) is 10.5 Å². The molecule has 0 unspecified atom stereocenters. The van der Waals surface area contributed by atoms with Gasteiger partial charge in [-0.1, -0.05) is 34.8 Å². The fourth-order valence-corrected chi connectivity index (χ4v) is 3.38. The predicted molar refractivity (Wildman–Crippen MR) is 114 cm³/mol. The lowest BCUT2D eigenvalue weighted by Gasteiger charge is -2.26. The van der Waals surface area contributed by atoms with Gasteiger partial charge in [0.25, 0.3) is 11.8 Å². The summed E-state index contributed by atoms with van der Waals surface area (Å²) < 4.78 is 9.72. The van der Waals surface area contributed by atoms with E-state index in [0.29, 0.717) is 10.6 Å². The summed E-state index contributed by atoms with van der Waals surface area (Å²) in [4.78, 5) is 49.4. The molecule has 31 heavy (non-hydrogen) atoms. The Balaban J connectivity index is 1.93. The molecule has 1 heterocycles. The second-order valence-electron chi connectivity index (χ2n) is 6.11. The van der Waals surface area contributed by atoms with E-state index in [1.165, 1.54) is 49.6 Å². The minimum absolute atomic E-state index is 0.0354. The molecule has 0 spiro atoms. The molecular formula is C20H13Cl3N2O6. The highest BCUT2D eigenvalue weighted by Gasteiger charge is 2.36. The summed E-state index contributed by atoms with van der Waals surface area (Å²) in [5.41, 5.74) is 0.210. The topological polar surface area (TPSA) is 102 Å². The van der Waals surface area contributed by atoms with Crippen LogP contribution in [0.25, 0.3) is 6.08 Å². The number of carbonyl (C=O) groups excluding carboxylic acids is 4. The lowest BCUT2D eigenvalue weighted by Crippen LogP contribution is -2.54. The van der Waals surface area contributed by atoms with E-state index in [1.54, 1.807) is 0 Å². The number of anilines is 1. The number of rotatable bonds is 5. The van der Waals surface area contributed by atoms with Crippen LogP contribution in [0.1, 0.15) is 5.56 Å². The van der Waals surface area contributed by atoms with Crippen molar-refractivity contribution in [3.05, 3.63) is 62.6 Å². The monoisotopic (exact) mass is 482 g/mol. The molecule has 1 aliphatic rings. The second kappa shape index (κ2) is 9.38. The van der Waals surface area contributed by atoms with Crippen LogP contribution >= 0.6 is 34.8 Å². The van der Waals surface area contributed by atoms with Gasteiger partial charge >= 0.3 is 12.0 Å². The smallest absolute Gasteiger partial charge is 0.343 e. The fourth-order valence-electron chi connectivity index (χ4n) is 2.64. The maximum absolute atomic E-state index is 12.9. The van der Waals surface area contributed by atoms with Crippen molar-refractivity contribution in [1.29, 1.82) is 0 Å². The highest BCUT2D eigenvalue weighted by atomic mass is 35.5. The van der Waals surface area contributed by atoms with Gasteiger partial charge in [-0.2, -0.15) is 0 Å². The summed E-state index contributed by atoms with van der Waals surface area (Å²) >= 11 is 18.2. The standard InChI is InChI=1S/C20H13Cl3N2O6/c1-30-16(26)9-31-17-14(22)7-10(8-15(17)23)6-13-18(27)24-20(29)25(19(13)28)12-4-2-11(21)3-5-12/h2-8H,9H2,1H3,(H,24,27,29)/b13-6+. The highest BCUT2D eigenvalue weighted by molar-refractivity contribution is 6.40. The Morgan fingerprint density at radius 1 is 1.06 bits per heavy atom. The summed E-state index contributed by atoms with van der Waals surface area (Å²) in [6.45, 7) is -0.407. The summed E-state index contributed by atoms with van der Waals surface area (Å²) in [5, 5.41) is 2.60. The summed E-state index contributed by atoms with van der Waals surface area (Å²) in [5.74, 6) is -2.31. The molecule has 4 amide bonds. The number of carbonyl (C=O) groups is 4. The lowest BCUT2D eigenvalue weighted by molar-refractivity contribution is -0.143. The van der Waals surface area contributed by atoms with Crippen molar-refractivity contribution in [2.75, 3.05) is 18.6 Å². The molecule has 3 rings (SSSR count). The molecule has 8 nitrogen and oxygen atoms in total. The van der Waals surface area contributed by atoms with Crippen LogP contribution in [-0.2, 0) is 19.1 Å². The molecule has 0 aliphatic carbocycles. The third kappa shape index (κ3) is 4.99. The summed E-state index contributed by atoms with van der Waals surface area (Å²) in [6, 6.07) is 7.82. The summed E-state index contributed by atoms with van der Waals surface area (Å²) in [7, 11) is 1.20. The van der Waals surface area contributed by atoms with Gasteiger partial charge in [0.15, 0.2) is 12.4 Å². The van der Waals surface area contributed by atoms with Gasteiger partial charge in [-0.05, 0) is 48.0 Å². The van der Waals surface area contributed by atoms with Crippen molar-refractivity contribution in [2.24, 2.45) is 0 Å². The number of hydrogen-bond acceptors (Lipinski definition) is 6. The molecule has 11 heteroatoms. The molecule has 1 saturated heterocycles. The Kier molecular flexibility index (Phi) is 6.84. The normalized spacial score (nSPS) is 15.2. The number of nitrogens with one attached hydrogen (secondary N) is 1. The van der Waals surface area contributed by atoms with Crippen molar-refractivity contribution < 1.29 is 28.7 Å². The molecular weight excluding hydrogens is 471 g/mol. The van der Waals surface area contributed by atoms with E-state index >= 15 is 0 Å². The first-order valence-electron chi connectivity index (χ1n) is 8.57. The molecule has 0 saturated carbocycles. The van der Waals surface area contributed by atoms with Crippen molar-refractivity contribution in [3.8, 4) is 5.75 Å². The van der Waals surface area contributed by atoms with Gasteiger partial charge in [-0.25, -0.2) is 14.5 Å². The lowest BCUT2D eigenvalue weighted by atomic mass is 10.1. The van der Waals surface area contributed by atoms with Crippen LogP contribution in [0.2, 0.25) is 15.1 Å². The molecule has 2 aromatic rings. The number of imide groups is 2. The van der Waals surface area contributed by atoms with Gasteiger partial charge in [-0.15, -0.1) is 0 Å². The van der Waals surface area contributed by atoms with Crippen molar-refractivity contribution in [2.45, 2.75) is 0 Å². The molecule has 0 bridgehead atoms. The van der Waals surface area contributed by atoms with Crippen molar-refractivity contribution >= 4 is 70.4 Å². The quantitative estimate of drug-likeness (QED) is 0.394. The Hall–Kier alpha value is -3.07. The Labute approximate surface area is 191 Å². The minimum atomic E-state index is -0.892. The number of ether oxygens (including phenoxy) is 2. The van der Waals surface area contributed by atoms with Gasteiger partial charge in [-0.3, -0.25) is 14.9 Å². The Morgan fingerprint density at radius 3 is 2.26 bits per heavy atom. The fraction of sp³-hybridized carbons (Fsp3) is 0.100. The predicted octanol–water partition coefficient (Wildman–Crippen LogP) is 3.87. The van der Waals surface area contributed by atoms with E-state index in [0.717, 1.165) is 4.90 Å². The first-order valence-corrected chi connectivity index (χ1v) is 9.70. The maximum Gasteiger partial charge on any atom is 0.343 e. The van der Waals surface area contributed by atoms with E-state index in [4.69, 9.17) is 39.5 Å². The van der Waals surface area contributed by atoms with Gasteiger partial charge in [0.05, 0.1) is 22.8 Å². The highest BCUT2D eigenvalue weighted by Crippen LogP contribution is 2.35. The molecule has 0 radical (unpaired) electrons.